The summed E-state index contributed by atoms with van der Waals surface area (Å²) in [5, 5.41) is 10.0. The Kier molecular flexibility index (Phi) is 8.13. The van der Waals surface area contributed by atoms with Crippen molar-refractivity contribution in [1.29, 1.82) is 0 Å². The minimum absolute atomic E-state index is 0.0327. The van der Waals surface area contributed by atoms with Gasteiger partial charge in [0.1, 0.15) is 17.7 Å². The van der Waals surface area contributed by atoms with Crippen LogP contribution in [0.3, 0.4) is 0 Å². The third-order valence-electron chi connectivity index (χ3n) is 10.0. The predicted octanol–water partition coefficient (Wildman–Crippen LogP) is 6.15. The van der Waals surface area contributed by atoms with E-state index >= 15 is 0 Å². The average Bonchev–Trinajstić information content (AvgIpc) is 3.01. The van der Waals surface area contributed by atoms with Crippen LogP contribution in [0.4, 0.5) is 11.4 Å². The summed E-state index contributed by atoms with van der Waals surface area (Å²) >= 11 is 5.43. The number of hydrogen-bond donors (Lipinski definition) is 1. The number of carbonyl (C=O) groups excluding carboxylic acids is 2. The molecule has 0 spiro atoms. The molecule has 4 heterocycles. The van der Waals surface area contributed by atoms with Crippen LogP contribution in [0.2, 0.25) is 0 Å². The van der Waals surface area contributed by atoms with Crippen molar-refractivity contribution in [3.05, 3.63) is 75.1 Å². The zero-order valence-electron chi connectivity index (χ0n) is 26.7. The van der Waals surface area contributed by atoms with Crippen molar-refractivity contribution in [1.82, 2.24) is 4.90 Å². The summed E-state index contributed by atoms with van der Waals surface area (Å²) < 4.78 is 6.17. The van der Waals surface area contributed by atoms with Crippen molar-refractivity contribution >= 4 is 63.5 Å². The molecule has 0 saturated carbocycles. The lowest BCUT2D eigenvalue weighted by Crippen LogP contribution is -2.57. The van der Waals surface area contributed by atoms with Crippen molar-refractivity contribution in [2.75, 3.05) is 29.4 Å². The van der Waals surface area contributed by atoms with Crippen LogP contribution in [-0.2, 0) is 25.2 Å². The van der Waals surface area contributed by atoms with Crippen LogP contribution in [0.5, 0.6) is 0 Å². The highest BCUT2D eigenvalue weighted by Crippen LogP contribution is 2.54. The van der Waals surface area contributed by atoms with E-state index in [1.807, 2.05) is 0 Å². The van der Waals surface area contributed by atoms with Gasteiger partial charge in [0.2, 0.25) is 0 Å². The molecule has 10 heteroatoms. The first kappa shape index (κ1) is 31.7. The SMILES string of the molecule is CCCC1(C)CCN2CCC(C)(CCC)c3c2c1cc1cc(/C=C2\C(=O)N(CC(=O)O)C(=S)N(c4ccccc4)C2=O)c(=O)oc31. The molecular formula is C36H39N3O6S. The lowest BCUT2D eigenvalue weighted by Gasteiger charge is -2.50. The molecule has 6 rings (SSSR count). The molecule has 1 saturated heterocycles. The number of anilines is 2. The first-order valence-electron chi connectivity index (χ1n) is 16.0. The van der Waals surface area contributed by atoms with Gasteiger partial charge in [0, 0.05) is 29.7 Å². The number of rotatable bonds is 8. The molecule has 1 N–H and O–H groups in total. The molecular weight excluding hydrogens is 602 g/mol. The van der Waals surface area contributed by atoms with Crippen molar-refractivity contribution in [3.63, 3.8) is 0 Å². The van der Waals surface area contributed by atoms with Gasteiger partial charge in [-0.05, 0) is 84.6 Å². The topological polar surface area (TPSA) is 111 Å². The third kappa shape index (κ3) is 5.12. The zero-order valence-corrected chi connectivity index (χ0v) is 27.5. The minimum Gasteiger partial charge on any atom is -0.480 e. The van der Waals surface area contributed by atoms with Gasteiger partial charge in [-0.3, -0.25) is 24.2 Å². The fourth-order valence-electron chi connectivity index (χ4n) is 7.70. The van der Waals surface area contributed by atoms with Gasteiger partial charge in [0.05, 0.1) is 11.3 Å². The summed E-state index contributed by atoms with van der Waals surface area (Å²) in [5.41, 5.74) is 3.18. The van der Waals surface area contributed by atoms with Gasteiger partial charge in [0.25, 0.3) is 11.8 Å². The van der Waals surface area contributed by atoms with Crippen molar-refractivity contribution in [2.24, 2.45) is 0 Å². The van der Waals surface area contributed by atoms with E-state index in [0.717, 1.165) is 72.4 Å². The summed E-state index contributed by atoms with van der Waals surface area (Å²) in [6.45, 7) is 10.1. The van der Waals surface area contributed by atoms with E-state index < -0.39 is 30.0 Å². The number of carboxylic acid groups (broad SMARTS) is 1. The second kappa shape index (κ2) is 11.8. The second-order valence-electron chi connectivity index (χ2n) is 13.3. The zero-order chi connectivity index (χ0) is 33.0. The Balaban J connectivity index is 1.57. The van der Waals surface area contributed by atoms with Gasteiger partial charge < -0.3 is 14.4 Å². The molecule has 3 aliphatic rings. The first-order valence-corrected chi connectivity index (χ1v) is 16.4. The molecule has 46 heavy (non-hydrogen) atoms. The Morgan fingerprint density at radius 1 is 0.978 bits per heavy atom. The molecule has 2 aromatic carbocycles. The number of thiocarbonyl (C=S) groups is 1. The summed E-state index contributed by atoms with van der Waals surface area (Å²) in [7, 11) is 0. The molecule has 2 atom stereocenters. The van der Waals surface area contributed by atoms with Gasteiger partial charge in [-0.15, -0.1) is 0 Å². The maximum absolute atomic E-state index is 13.8. The summed E-state index contributed by atoms with van der Waals surface area (Å²) in [6, 6.07) is 12.3. The monoisotopic (exact) mass is 641 g/mol. The number of para-hydroxylation sites is 1. The van der Waals surface area contributed by atoms with Crippen LogP contribution >= 0.6 is 12.2 Å². The van der Waals surface area contributed by atoms with Crippen LogP contribution in [-0.4, -0.2) is 52.5 Å². The molecule has 0 radical (unpaired) electrons. The van der Waals surface area contributed by atoms with Gasteiger partial charge >= 0.3 is 11.6 Å². The van der Waals surface area contributed by atoms with Crippen molar-refractivity contribution in [2.45, 2.75) is 77.0 Å². The lowest BCUT2D eigenvalue weighted by atomic mass is 9.65. The Hall–Kier alpha value is -4.31. The van der Waals surface area contributed by atoms with E-state index in [1.54, 1.807) is 36.4 Å². The minimum atomic E-state index is -1.29. The number of aliphatic carboxylic acids is 1. The standard InChI is InChI=1S/C36H39N3O6S/c1-5-12-35(3)14-16-37-17-15-36(4,13-6-2)28-29(37)26(35)20-22-18-23(33(44)45-30(22)28)19-25-31(42)38(21-27(40)41)34(46)39(32(25)43)24-10-8-7-9-11-24/h7-11,18-20H,5-6,12-17,21H2,1-4H3,(H,40,41)/b25-19+. The van der Waals surface area contributed by atoms with E-state index in [0.29, 0.717) is 11.3 Å². The normalized spacial score (nSPS) is 23.8. The fraction of sp³-hybridized carbons (Fsp3) is 0.417. The highest BCUT2D eigenvalue weighted by molar-refractivity contribution is 7.80. The van der Waals surface area contributed by atoms with E-state index in [4.69, 9.17) is 16.6 Å². The number of fused-ring (bicyclic) bond motifs is 2. The van der Waals surface area contributed by atoms with Crippen molar-refractivity contribution < 1.29 is 23.9 Å². The highest BCUT2D eigenvalue weighted by atomic mass is 32.1. The number of carboxylic acids is 1. The molecule has 0 aliphatic carbocycles. The van der Waals surface area contributed by atoms with Gasteiger partial charge in [-0.1, -0.05) is 58.7 Å². The van der Waals surface area contributed by atoms with E-state index in [1.165, 1.54) is 17.3 Å². The number of hydrogen-bond acceptors (Lipinski definition) is 7. The smallest absolute Gasteiger partial charge is 0.343 e. The Labute approximate surface area is 273 Å². The molecule has 2 unspecified atom stereocenters. The van der Waals surface area contributed by atoms with Crippen LogP contribution in [0.15, 0.2) is 57.2 Å². The highest BCUT2D eigenvalue weighted by Gasteiger charge is 2.45. The fourth-order valence-corrected chi connectivity index (χ4v) is 8.04. The van der Waals surface area contributed by atoms with E-state index in [9.17, 15) is 24.3 Å². The number of amides is 2. The molecule has 3 aromatic rings. The van der Waals surface area contributed by atoms with Crippen LogP contribution in [0.1, 0.15) is 82.9 Å². The van der Waals surface area contributed by atoms with Gasteiger partial charge in [-0.2, -0.15) is 0 Å². The Bertz CT molecular complexity index is 1860. The molecule has 1 fully saturated rings. The largest absolute Gasteiger partial charge is 0.480 e. The summed E-state index contributed by atoms with van der Waals surface area (Å²) in [6.07, 6.45) is 7.18. The molecule has 240 valence electrons. The number of carbonyl (C=O) groups is 3. The Morgan fingerprint density at radius 2 is 1.63 bits per heavy atom. The summed E-state index contributed by atoms with van der Waals surface area (Å²) in [4.78, 5) is 57.3. The van der Waals surface area contributed by atoms with Crippen LogP contribution in [0.25, 0.3) is 17.0 Å². The molecule has 2 amide bonds. The van der Waals surface area contributed by atoms with E-state index in [-0.39, 0.29) is 27.1 Å². The van der Waals surface area contributed by atoms with Crippen molar-refractivity contribution in [3.8, 4) is 0 Å². The quantitative estimate of drug-likeness (QED) is 0.135. The Morgan fingerprint density at radius 3 is 2.28 bits per heavy atom. The molecule has 3 aliphatic heterocycles. The molecule has 9 nitrogen and oxygen atoms in total. The predicted molar refractivity (Wildman–Crippen MR) is 182 cm³/mol. The number of benzene rings is 2. The summed E-state index contributed by atoms with van der Waals surface area (Å²) in [5.74, 6) is -2.92. The van der Waals surface area contributed by atoms with E-state index in [2.05, 4.69) is 38.7 Å². The van der Waals surface area contributed by atoms with Gasteiger partial charge in [-0.25, -0.2) is 4.79 Å². The van der Waals surface area contributed by atoms with Crippen LogP contribution < -0.4 is 15.4 Å². The average molecular weight is 642 g/mol. The maximum Gasteiger partial charge on any atom is 0.343 e. The number of nitrogens with zero attached hydrogens (tertiary/aromatic N) is 3. The molecule has 0 bridgehead atoms. The first-order chi connectivity index (χ1) is 21.9. The third-order valence-corrected chi connectivity index (χ3v) is 10.4. The lowest BCUT2D eigenvalue weighted by molar-refractivity contribution is -0.141. The second-order valence-corrected chi connectivity index (χ2v) is 13.6. The van der Waals surface area contributed by atoms with Crippen LogP contribution in [0, 0.1) is 0 Å². The van der Waals surface area contributed by atoms with Gasteiger partial charge in [0.15, 0.2) is 5.11 Å². The molecule has 1 aromatic heterocycles. The maximum atomic E-state index is 13.8.